The number of hydrogen-bond donors (Lipinski definition) is 1. The number of carbonyl (C=O) groups is 2. The second kappa shape index (κ2) is 9.24. The van der Waals surface area contributed by atoms with Gasteiger partial charge in [-0.1, -0.05) is 32.0 Å². The Morgan fingerprint density at radius 1 is 1.21 bits per heavy atom. The van der Waals surface area contributed by atoms with Crippen LogP contribution in [0.1, 0.15) is 48.0 Å². The molecule has 1 saturated heterocycles. The van der Waals surface area contributed by atoms with Crippen LogP contribution in [0.25, 0.3) is 0 Å². The van der Waals surface area contributed by atoms with Crippen LogP contribution >= 0.6 is 11.3 Å². The molecule has 2 aromatic rings. The van der Waals surface area contributed by atoms with Crippen molar-refractivity contribution in [3.63, 3.8) is 0 Å². The highest BCUT2D eigenvalue weighted by Crippen LogP contribution is 2.26. The van der Waals surface area contributed by atoms with Gasteiger partial charge in [-0.15, -0.1) is 11.3 Å². The van der Waals surface area contributed by atoms with Crippen LogP contribution in [-0.4, -0.2) is 36.9 Å². The van der Waals surface area contributed by atoms with Crippen molar-refractivity contribution in [2.45, 2.75) is 32.7 Å². The Labute approximate surface area is 170 Å². The van der Waals surface area contributed by atoms with Gasteiger partial charge in [0.1, 0.15) is 5.75 Å². The summed E-state index contributed by atoms with van der Waals surface area (Å²) in [5, 5.41) is 5.13. The molecule has 2 unspecified atom stereocenters. The van der Waals surface area contributed by atoms with E-state index in [4.69, 9.17) is 4.74 Å². The molecule has 0 saturated carbocycles. The van der Waals surface area contributed by atoms with Crippen LogP contribution in [0.2, 0.25) is 0 Å². The Balaban J connectivity index is 1.66. The molecule has 1 N–H and O–H groups in total. The number of likely N-dealkylation sites (tertiary alicyclic amines) is 1. The molecule has 1 aliphatic rings. The van der Waals surface area contributed by atoms with Gasteiger partial charge in [-0.25, -0.2) is 0 Å². The lowest BCUT2D eigenvalue weighted by Crippen LogP contribution is -2.46. The fraction of sp³-hybridized carbons (Fsp3) is 0.455. The van der Waals surface area contributed by atoms with E-state index in [1.54, 1.807) is 7.11 Å². The van der Waals surface area contributed by atoms with Gasteiger partial charge in [0.15, 0.2) is 0 Å². The smallest absolute Gasteiger partial charge is 0.263 e. The van der Waals surface area contributed by atoms with Crippen LogP contribution in [0.15, 0.2) is 41.8 Å². The Morgan fingerprint density at radius 2 is 1.96 bits per heavy atom. The molecule has 1 aromatic carbocycles. The quantitative estimate of drug-likeness (QED) is 0.793. The van der Waals surface area contributed by atoms with E-state index in [1.807, 2.05) is 46.7 Å². The van der Waals surface area contributed by atoms with Gasteiger partial charge in [0, 0.05) is 13.1 Å². The molecule has 1 aromatic heterocycles. The molecule has 5 nitrogen and oxygen atoms in total. The number of piperidine rings is 1. The SMILES string of the molecule is COc1ccc(C(NC(=O)C2CCCN(C(=O)c3cccs3)C2)C(C)C)cc1. The predicted octanol–water partition coefficient (Wildman–Crippen LogP) is 4.12. The van der Waals surface area contributed by atoms with Crippen molar-refractivity contribution in [1.29, 1.82) is 0 Å². The third kappa shape index (κ3) is 4.73. The van der Waals surface area contributed by atoms with Crippen LogP contribution in [0.5, 0.6) is 5.75 Å². The Hall–Kier alpha value is -2.34. The molecule has 6 heteroatoms. The molecule has 0 radical (unpaired) electrons. The number of nitrogens with one attached hydrogen (secondary N) is 1. The van der Waals surface area contributed by atoms with Gasteiger partial charge in [0.25, 0.3) is 5.91 Å². The zero-order valence-electron chi connectivity index (χ0n) is 16.7. The van der Waals surface area contributed by atoms with E-state index in [9.17, 15) is 9.59 Å². The number of thiophene rings is 1. The Morgan fingerprint density at radius 3 is 2.57 bits per heavy atom. The van der Waals surface area contributed by atoms with E-state index < -0.39 is 0 Å². The maximum absolute atomic E-state index is 13.0. The van der Waals surface area contributed by atoms with Crippen molar-refractivity contribution < 1.29 is 14.3 Å². The number of methoxy groups -OCH3 is 1. The third-order valence-electron chi connectivity index (χ3n) is 5.25. The van der Waals surface area contributed by atoms with Gasteiger partial charge >= 0.3 is 0 Å². The summed E-state index contributed by atoms with van der Waals surface area (Å²) in [4.78, 5) is 28.2. The minimum Gasteiger partial charge on any atom is -0.497 e. The summed E-state index contributed by atoms with van der Waals surface area (Å²) >= 11 is 1.45. The molecule has 2 amide bonds. The molecule has 2 heterocycles. The summed E-state index contributed by atoms with van der Waals surface area (Å²) in [6.07, 6.45) is 1.66. The zero-order chi connectivity index (χ0) is 20.1. The van der Waals surface area contributed by atoms with Crippen LogP contribution in [0.4, 0.5) is 0 Å². The highest BCUT2D eigenvalue weighted by molar-refractivity contribution is 7.12. The maximum Gasteiger partial charge on any atom is 0.263 e. The highest BCUT2D eigenvalue weighted by Gasteiger charge is 2.31. The molecule has 0 spiro atoms. The van der Waals surface area contributed by atoms with E-state index in [0.29, 0.717) is 13.1 Å². The first-order valence-corrected chi connectivity index (χ1v) is 10.6. The van der Waals surface area contributed by atoms with Gasteiger partial charge in [-0.3, -0.25) is 9.59 Å². The van der Waals surface area contributed by atoms with Gasteiger partial charge in [0.05, 0.1) is 23.9 Å². The average molecular weight is 401 g/mol. The summed E-state index contributed by atoms with van der Waals surface area (Å²) < 4.78 is 5.23. The maximum atomic E-state index is 13.0. The molecule has 3 rings (SSSR count). The fourth-order valence-electron chi connectivity index (χ4n) is 3.65. The summed E-state index contributed by atoms with van der Waals surface area (Å²) in [5.41, 5.74) is 1.06. The zero-order valence-corrected chi connectivity index (χ0v) is 17.5. The topological polar surface area (TPSA) is 58.6 Å². The van der Waals surface area contributed by atoms with Crippen molar-refractivity contribution in [3.05, 3.63) is 52.2 Å². The van der Waals surface area contributed by atoms with Crippen molar-refractivity contribution in [2.24, 2.45) is 11.8 Å². The highest BCUT2D eigenvalue weighted by atomic mass is 32.1. The predicted molar refractivity (Wildman–Crippen MR) is 112 cm³/mol. The molecule has 1 aliphatic heterocycles. The van der Waals surface area contributed by atoms with Gasteiger partial charge in [0.2, 0.25) is 5.91 Å². The Bertz CT molecular complexity index is 787. The van der Waals surface area contributed by atoms with Crippen LogP contribution in [0.3, 0.4) is 0 Å². The second-order valence-electron chi connectivity index (χ2n) is 7.57. The lowest BCUT2D eigenvalue weighted by molar-refractivity contribution is -0.127. The van der Waals surface area contributed by atoms with Crippen molar-refractivity contribution in [3.8, 4) is 5.75 Å². The van der Waals surface area contributed by atoms with E-state index in [2.05, 4.69) is 19.2 Å². The fourth-order valence-corrected chi connectivity index (χ4v) is 4.34. The minimum atomic E-state index is -0.169. The first kappa shape index (κ1) is 20.4. The monoisotopic (exact) mass is 400 g/mol. The molecule has 0 bridgehead atoms. The van der Waals surface area contributed by atoms with Gasteiger partial charge in [-0.2, -0.15) is 0 Å². The number of ether oxygens (including phenoxy) is 1. The molecule has 150 valence electrons. The standard InChI is InChI=1S/C22H28N2O3S/c1-15(2)20(16-8-10-18(27-3)11-9-16)23-21(25)17-6-4-12-24(14-17)22(26)19-7-5-13-28-19/h5,7-11,13,15,17,20H,4,6,12,14H2,1-3H3,(H,23,25). The molecule has 28 heavy (non-hydrogen) atoms. The number of carbonyl (C=O) groups excluding carboxylic acids is 2. The van der Waals surface area contributed by atoms with Crippen LogP contribution in [-0.2, 0) is 4.79 Å². The van der Waals surface area contributed by atoms with Crippen molar-refractivity contribution in [2.75, 3.05) is 20.2 Å². The summed E-state index contributed by atoms with van der Waals surface area (Å²) in [6.45, 7) is 5.40. The number of amides is 2. The summed E-state index contributed by atoms with van der Waals surface area (Å²) in [7, 11) is 1.64. The summed E-state index contributed by atoms with van der Waals surface area (Å²) in [6, 6.07) is 11.5. The first-order chi connectivity index (χ1) is 13.5. The van der Waals surface area contributed by atoms with Crippen LogP contribution in [0, 0.1) is 11.8 Å². The summed E-state index contributed by atoms with van der Waals surface area (Å²) in [5.74, 6) is 0.941. The lowest BCUT2D eigenvalue weighted by Gasteiger charge is -2.33. The molecular weight excluding hydrogens is 372 g/mol. The van der Waals surface area contributed by atoms with E-state index in [1.165, 1.54) is 11.3 Å². The van der Waals surface area contributed by atoms with E-state index >= 15 is 0 Å². The number of nitrogens with zero attached hydrogens (tertiary/aromatic N) is 1. The van der Waals surface area contributed by atoms with Gasteiger partial charge < -0.3 is 15.0 Å². The largest absolute Gasteiger partial charge is 0.497 e. The van der Waals surface area contributed by atoms with Crippen molar-refractivity contribution in [1.82, 2.24) is 10.2 Å². The second-order valence-corrected chi connectivity index (χ2v) is 8.52. The first-order valence-electron chi connectivity index (χ1n) is 9.76. The van der Waals surface area contributed by atoms with Gasteiger partial charge in [-0.05, 0) is 47.9 Å². The number of rotatable bonds is 6. The molecule has 0 aliphatic carbocycles. The normalized spacial score (nSPS) is 18.0. The average Bonchev–Trinajstić information content (AvgIpc) is 3.26. The van der Waals surface area contributed by atoms with Crippen LogP contribution < -0.4 is 10.1 Å². The molecule has 1 fully saturated rings. The third-order valence-corrected chi connectivity index (χ3v) is 6.11. The number of benzene rings is 1. The van der Waals surface area contributed by atoms with Crippen molar-refractivity contribution >= 4 is 23.2 Å². The van der Waals surface area contributed by atoms with E-state index in [0.717, 1.165) is 29.0 Å². The number of hydrogen-bond acceptors (Lipinski definition) is 4. The minimum absolute atomic E-state index is 0.0261. The molecular formula is C22H28N2O3S. The lowest BCUT2D eigenvalue weighted by atomic mass is 9.92. The Kier molecular flexibility index (Phi) is 6.73. The molecule has 2 atom stereocenters. The van der Waals surface area contributed by atoms with E-state index in [-0.39, 0.29) is 29.7 Å².